The minimum atomic E-state index is -0.0248. The zero-order chi connectivity index (χ0) is 17.5. The lowest BCUT2D eigenvalue weighted by molar-refractivity contribution is -0.126. The molecule has 0 unspecified atom stereocenters. The summed E-state index contributed by atoms with van der Waals surface area (Å²) in [6, 6.07) is 10.3. The first-order chi connectivity index (χ1) is 12.2. The molecule has 1 saturated heterocycles. The van der Waals surface area contributed by atoms with Crippen molar-refractivity contribution in [3.63, 3.8) is 0 Å². The fourth-order valence-electron chi connectivity index (χ4n) is 3.36. The van der Waals surface area contributed by atoms with Gasteiger partial charge in [-0.15, -0.1) is 10.2 Å². The predicted octanol–water partition coefficient (Wildman–Crippen LogP) is 2.01. The Bertz CT molecular complexity index is 669. The molecule has 0 spiro atoms. The van der Waals surface area contributed by atoms with Crippen LogP contribution >= 0.6 is 0 Å². The minimum absolute atomic E-state index is 0.0248. The van der Waals surface area contributed by atoms with E-state index in [0.717, 1.165) is 38.2 Å². The van der Waals surface area contributed by atoms with E-state index in [9.17, 15) is 4.79 Å². The number of hydrogen-bond acceptors (Lipinski definition) is 4. The smallest absolute Gasteiger partial charge is 0.237 e. The Morgan fingerprint density at radius 3 is 2.92 bits per heavy atom. The maximum absolute atomic E-state index is 12.5. The van der Waals surface area contributed by atoms with Gasteiger partial charge in [-0.05, 0) is 38.4 Å². The summed E-state index contributed by atoms with van der Waals surface area (Å²) < 4.78 is 2.02. The predicted molar refractivity (Wildman–Crippen MR) is 96.9 cm³/mol. The fourth-order valence-corrected chi connectivity index (χ4v) is 3.36. The molecular formula is C19H27N5O. The summed E-state index contributed by atoms with van der Waals surface area (Å²) in [5, 5.41) is 11.2. The van der Waals surface area contributed by atoms with Crippen LogP contribution in [0.25, 0.3) is 0 Å². The molecule has 1 fully saturated rings. The largest absolute Gasteiger partial charge is 0.347 e. The highest BCUT2D eigenvalue weighted by molar-refractivity contribution is 5.81. The number of hydrogen-bond donors (Lipinski definition) is 1. The van der Waals surface area contributed by atoms with Crippen molar-refractivity contribution in [2.24, 2.45) is 0 Å². The Balaban J connectivity index is 1.53. The zero-order valence-corrected chi connectivity index (χ0v) is 14.9. The van der Waals surface area contributed by atoms with E-state index in [-0.39, 0.29) is 11.9 Å². The third-order valence-electron chi connectivity index (χ3n) is 4.92. The fraction of sp³-hybridized carbons (Fsp3) is 0.526. The molecule has 2 heterocycles. The molecule has 6 heteroatoms. The Morgan fingerprint density at radius 2 is 2.08 bits per heavy atom. The Kier molecular flexibility index (Phi) is 6.17. The quantitative estimate of drug-likeness (QED) is 0.873. The molecule has 1 aromatic carbocycles. The molecule has 1 atom stereocenters. The number of likely N-dealkylation sites (tertiary alicyclic amines) is 1. The molecule has 1 N–H and O–H groups in total. The number of nitrogens with zero attached hydrogens (tertiary/aromatic N) is 4. The molecule has 6 nitrogen and oxygen atoms in total. The molecule has 134 valence electrons. The number of carbonyl (C=O) groups excluding carboxylic acids is 1. The third-order valence-corrected chi connectivity index (χ3v) is 4.92. The van der Waals surface area contributed by atoms with Gasteiger partial charge in [0.15, 0.2) is 5.82 Å². The van der Waals surface area contributed by atoms with Crippen molar-refractivity contribution in [3.8, 4) is 0 Å². The zero-order valence-electron chi connectivity index (χ0n) is 14.9. The van der Waals surface area contributed by atoms with E-state index in [1.54, 1.807) is 6.33 Å². The van der Waals surface area contributed by atoms with Gasteiger partial charge in [-0.25, -0.2) is 0 Å². The molecular weight excluding hydrogens is 314 g/mol. The number of nitrogens with one attached hydrogen (secondary N) is 1. The summed E-state index contributed by atoms with van der Waals surface area (Å²) in [7, 11) is 2.04. The lowest BCUT2D eigenvalue weighted by atomic mass is 10.1. The molecule has 1 aliphatic heterocycles. The van der Waals surface area contributed by atoms with Crippen LogP contribution < -0.4 is 5.32 Å². The van der Waals surface area contributed by atoms with Crippen molar-refractivity contribution >= 4 is 5.91 Å². The van der Waals surface area contributed by atoms with Gasteiger partial charge in [0, 0.05) is 6.54 Å². The van der Waals surface area contributed by atoms with Gasteiger partial charge in [-0.1, -0.05) is 43.2 Å². The standard InChI is InChI=1S/C19H27N5O/c1-23-12-7-3-6-10-17(23)19(25)20-14-18-22-21-15-24(18)13-11-16-8-4-2-5-9-16/h2,4-5,8-9,15,17H,3,6-7,10-14H2,1H3,(H,20,25)/t17-/m0/s1. The van der Waals surface area contributed by atoms with Gasteiger partial charge >= 0.3 is 0 Å². The second-order valence-corrected chi connectivity index (χ2v) is 6.74. The van der Waals surface area contributed by atoms with Crippen molar-refractivity contribution in [2.45, 2.75) is 51.2 Å². The van der Waals surface area contributed by atoms with E-state index in [1.807, 2.05) is 29.8 Å². The number of amides is 1. The highest BCUT2D eigenvalue weighted by Gasteiger charge is 2.24. The van der Waals surface area contributed by atoms with E-state index >= 15 is 0 Å². The second kappa shape index (κ2) is 8.76. The van der Waals surface area contributed by atoms with E-state index in [1.165, 1.54) is 18.4 Å². The Morgan fingerprint density at radius 1 is 1.24 bits per heavy atom. The van der Waals surface area contributed by atoms with E-state index in [0.29, 0.717) is 6.54 Å². The normalized spacial score (nSPS) is 18.7. The highest BCUT2D eigenvalue weighted by Crippen LogP contribution is 2.15. The van der Waals surface area contributed by atoms with Gasteiger partial charge in [0.25, 0.3) is 0 Å². The summed E-state index contributed by atoms with van der Waals surface area (Å²) in [6.07, 6.45) is 7.10. The van der Waals surface area contributed by atoms with Crippen molar-refractivity contribution in [3.05, 3.63) is 48.0 Å². The van der Waals surface area contributed by atoms with Crippen LogP contribution in [0.2, 0.25) is 0 Å². The maximum Gasteiger partial charge on any atom is 0.237 e. The van der Waals surface area contributed by atoms with Crippen LogP contribution in [0.4, 0.5) is 0 Å². The summed E-state index contributed by atoms with van der Waals surface area (Å²) in [5.41, 5.74) is 1.28. The van der Waals surface area contributed by atoms with E-state index in [4.69, 9.17) is 0 Å². The summed E-state index contributed by atoms with van der Waals surface area (Å²) >= 11 is 0. The Hall–Kier alpha value is -2.21. The van der Waals surface area contributed by atoms with Gasteiger partial charge < -0.3 is 9.88 Å². The molecule has 25 heavy (non-hydrogen) atoms. The number of likely N-dealkylation sites (N-methyl/N-ethyl adjacent to an activating group) is 1. The molecule has 1 aromatic heterocycles. The number of carbonyl (C=O) groups is 1. The summed E-state index contributed by atoms with van der Waals surface area (Å²) in [6.45, 7) is 2.23. The van der Waals surface area contributed by atoms with Crippen LogP contribution in [0.1, 0.15) is 37.1 Å². The maximum atomic E-state index is 12.5. The van der Waals surface area contributed by atoms with Crippen LogP contribution in [0.15, 0.2) is 36.7 Å². The van der Waals surface area contributed by atoms with Crippen LogP contribution in [-0.2, 0) is 24.3 Å². The molecule has 1 aliphatic rings. The summed E-state index contributed by atoms with van der Waals surface area (Å²) in [4.78, 5) is 14.7. The SMILES string of the molecule is CN1CCCCC[C@H]1C(=O)NCc1nncn1CCc1ccccc1. The molecule has 1 amide bonds. The van der Waals surface area contributed by atoms with Crippen LogP contribution in [0.5, 0.6) is 0 Å². The van der Waals surface area contributed by atoms with E-state index in [2.05, 4.69) is 32.5 Å². The molecule has 3 rings (SSSR count). The first-order valence-electron chi connectivity index (χ1n) is 9.12. The first-order valence-corrected chi connectivity index (χ1v) is 9.12. The van der Waals surface area contributed by atoms with Crippen molar-refractivity contribution in [2.75, 3.05) is 13.6 Å². The number of aryl methyl sites for hydroxylation is 2. The number of rotatable bonds is 6. The highest BCUT2D eigenvalue weighted by atomic mass is 16.2. The number of aromatic nitrogens is 3. The van der Waals surface area contributed by atoms with Gasteiger partial charge in [-0.2, -0.15) is 0 Å². The monoisotopic (exact) mass is 341 g/mol. The van der Waals surface area contributed by atoms with Crippen molar-refractivity contribution in [1.29, 1.82) is 0 Å². The van der Waals surface area contributed by atoms with Crippen LogP contribution in [0, 0.1) is 0 Å². The van der Waals surface area contributed by atoms with Crippen molar-refractivity contribution < 1.29 is 4.79 Å². The minimum Gasteiger partial charge on any atom is -0.347 e. The van der Waals surface area contributed by atoms with Gasteiger partial charge in [-0.3, -0.25) is 9.69 Å². The summed E-state index contributed by atoms with van der Waals surface area (Å²) in [5.74, 6) is 0.905. The lowest BCUT2D eigenvalue weighted by Gasteiger charge is -2.24. The average Bonchev–Trinajstić information content (AvgIpc) is 2.98. The van der Waals surface area contributed by atoms with Crippen LogP contribution in [-0.4, -0.2) is 45.2 Å². The van der Waals surface area contributed by atoms with Crippen LogP contribution in [0.3, 0.4) is 0 Å². The molecule has 0 radical (unpaired) electrons. The second-order valence-electron chi connectivity index (χ2n) is 6.74. The lowest BCUT2D eigenvalue weighted by Crippen LogP contribution is -2.44. The van der Waals surface area contributed by atoms with Crippen molar-refractivity contribution in [1.82, 2.24) is 25.0 Å². The molecule has 2 aromatic rings. The molecule has 0 bridgehead atoms. The topological polar surface area (TPSA) is 63.1 Å². The molecule has 0 saturated carbocycles. The van der Waals surface area contributed by atoms with Gasteiger partial charge in [0.05, 0.1) is 12.6 Å². The first kappa shape index (κ1) is 17.6. The Labute approximate surface area is 149 Å². The van der Waals surface area contributed by atoms with E-state index < -0.39 is 0 Å². The average molecular weight is 341 g/mol. The van der Waals surface area contributed by atoms with Gasteiger partial charge in [0.2, 0.25) is 5.91 Å². The third kappa shape index (κ3) is 4.89. The molecule has 0 aliphatic carbocycles. The number of benzene rings is 1. The van der Waals surface area contributed by atoms with Gasteiger partial charge in [0.1, 0.15) is 6.33 Å².